The van der Waals surface area contributed by atoms with Gasteiger partial charge < -0.3 is 15.0 Å². The average Bonchev–Trinajstić information content (AvgIpc) is 2.53. The molecule has 0 spiro atoms. The Morgan fingerprint density at radius 3 is 2.39 bits per heavy atom. The van der Waals surface area contributed by atoms with Gasteiger partial charge >= 0.3 is 0 Å². The van der Waals surface area contributed by atoms with Gasteiger partial charge in [0, 0.05) is 17.6 Å². The molecule has 1 N–H and O–H groups in total. The number of hydrogen-bond acceptors (Lipinski definition) is 3. The van der Waals surface area contributed by atoms with Crippen molar-refractivity contribution in [2.24, 2.45) is 5.41 Å². The molecule has 1 aromatic rings. The maximum Gasteiger partial charge on any atom is 0.229 e. The lowest BCUT2D eigenvalue weighted by Gasteiger charge is -2.26. The summed E-state index contributed by atoms with van der Waals surface area (Å²) >= 11 is 0. The summed E-state index contributed by atoms with van der Waals surface area (Å²) in [4.78, 5) is 14.5. The lowest BCUT2D eigenvalue weighted by Crippen LogP contribution is -2.31. The molecule has 2 rings (SSSR count). The van der Waals surface area contributed by atoms with Crippen molar-refractivity contribution >= 4 is 11.6 Å². The normalized spacial score (nSPS) is 16.1. The molecule has 128 valence electrons. The van der Waals surface area contributed by atoms with Crippen molar-refractivity contribution in [3.63, 3.8) is 0 Å². The van der Waals surface area contributed by atoms with Crippen LogP contribution in [0.1, 0.15) is 46.5 Å². The van der Waals surface area contributed by atoms with E-state index in [4.69, 9.17) is 4.74 Å². The minimum atomic E-state index is -0.385. The van der Waals surface area contributed by atoms with Crippen LogP contribution in [-0.4, -0.2) is 37.0 Å². The predicted octanol–water partition coefficient (Wildman–Crippen LogP) is 3.93. The Hall–Kier alpha value is -1.55. The second kappa shape index (κ2) is 8.34. The maximum atomic E-state index is 11.9. The molecule has 0 aromatic heterocycles. The van der Waals surface area contributed by atoms with Crippen molar-refractivity contribution in [1.29, 1.82) is 0 Å². The van der Waals surface area contributed by atoms with Gasteiger partial charge in [0.25, 0.3) is 0 Å². The van der Waals surface area contributed by atoms with Gasteiger partial charge in [-0.3, -0.25) is 4.79 Å². The second-order valence-corrected chi connectivity index (χ2v) is 7.33. The zero-order valence-corrected chi connectivity index (χ0v) is 14.7. The summed E-state index contributed by atoms with van der Waals surface area (Å²) < 4.78 is 5.78. The van der Waals surface area contributed by atoms with Gasteiger partial charge in [-0.1, -0.05) is 27.2 Å². The van der Waals surface area contributed by atoms with Crippen LogP contribution in [0.2, 0.25) is 0 Å². The molecule has 0 aliphatic carbocycles. The van der Waals surface area contributed by atoms with Crippen LogP contribution in [0.25, 0.3) is 0 Å². The SMILES string of the molecule is CC(C)(C)C(=O)Nc1ccc(OCCCN2CCCCC2)cc1. The third kappa shape index (κ3) is 6.22. The van der Waals surface area contributed by atoms with Gasteiger partial charge in [0.05, 0.1) is 6.61 Å². The Labute approximate surface area is 140 Å². The number of benzene rings is 1. The molecule has 0 unspecified atom stereocenters. The summed E-state index contributed by atoms with van der Waals surface area (Å²) in [5.74, 6) is 0.880. The van der Waals surface area contributed by atoms with E-state index >= 15 is 0 Å². The highest BCUT2D eigenvalue weighted by Crippen LogP contribution is 2.20. The molecular formula is C19H30N2O2. The lowest BCUT2D eigenvalue weighted by molar-refractivity contribution is -0.123. The van der Waals surface area contributed by atoms with E-state index in [9.17, 15) is 4.79 Å². The summed E-state index contributed by atoms with van der Waals surface area (Å²) in [6.45, 7) is 10.1. The van der Waals surface area contributed by atoms with Crippen molar-refractivity contribution in [2.75, 3.05) is 31.6 Å². The zero-order valence-electron chi connectivity index (χ0n) is 14.7. The van der Waals surface area contributed by atoms with Crippen molar-refractivity contribution in [3.05, 3.63) is 24.3 Å². The smallest absolute Gasteiger partial charge is 0.229 e. The number of nitrogens with zero attached hydrogens (tertiary/aromatic N) is 1. The highest BCUT2D eigenvalue weighted by Gasteiger charge is 2.21. The third-order valence-corrected chi connectivity index (χ3v) is 4.13. The van der Waals surface area contributed by atoms with Gasteiger partial charge in [-0.15, -0.1) is 0 Å². The summed E-state index contributed by atoms with van der Waals surface area (Å²) in [6, 6.07) is 7.62. The molecule has 0 atom stereocenters. The maximum absolute atomic E-state index is 11.9. The molecule has 0 radical (unpaired) electrons. The largest absolute Gasteiger partial charge is 0.494 e. The first kappa shape index (κ1) is 17.8. The van der Waals surface area contributed by atoms with E-state index in [1.807, 2.05) is 45.0 Å². The van der Waals surface area contributed by atoms with E-state index in [2.05, 4.69) is 10.2 Å². The fourth-order valence-corrected chi connectivity index (χ4v) is 2.61. The first-order chi connectivity index (χ1) is 10.9. The number of ether oxygens (including phenoxy) is 1. The van der Waals surface area contributed by atoms with Crippen molar-refractivity contribution in [3.8, 4) is 5.75 Å². The minimum absolute atomic E-state index is 0.0210. The van der Waals surface area contributed by atoms with Gasteiger partial charge in [-0.2, -0.15) is 0 Å². The molecule has 4 heteroatoms. The Morgan fingerprint density at radius 2 is 1.78 bits per heavy atom. The molecule has 0 bridgehead atoms. The van der Waals surface area contributed by atoms with Crippen LogP contribution in [-0.2, 0) is 4.79 Å². The third-order valence-electron chi connectivity index (χ3n) is 4.13. The van der Waals surface area contributed by atoms with Crippen LogP contribution in [0.4, 0.5) is 5.69 Å². The second-order valence-electron chi connectivity index (χ2n) is 7.33. The van der Waals surface area contributed by atoms with Crippen LogP contribution in [0.15, 0.2) is 24.3 Å². The number of anilines is 1. The molecular weight excluding hydrogens is 288 g/mol. The number of carbonyl (C=O) groups is 1. The number of rotatable bonds is 6. The standard InChI is InChI=1S/C19H30N2O2/c1-19(2,3)18(22)20-16-8-10-17(11-9-16)23-15-7-14-21-12-5-4-6-13-21/h8-11H,4-7,12-15H2,1-3H3,(H,20,22). The van der Waals surface area contributed by atoms with Gasteiger partial charge in [-0.25, -0.2) is 0 Å². The highest BCUT2D eigenvalue weighted by atomic mass is 16.5. The van der Waals surface area contributed by atoms with Crippen molar-refractivity contribution in [1.82, 2.24) is 4.90 Å². The monoisotopic (exact) mass is 318 g/mol. The van der Waals surface area contributed by atoms with E-state index in [0.29, 0.717) is 0 Å². The first-order valence-electron chi connectivity index (χ1n) is 8.72. The number of piperidine rings is 1. The summed E-state index contributed by atoms with van der Waals surface area (Å²) in [5, 5.41) is 2.92. The Balaban J connectivity index is 1.69. The zero-order chi connectivity index (χ0) is 16.7. The van der Waals surface area contributed by atoms with Crippen LogP contribution >= 0.6 is 0 Å². The molecule has 1 amide bonds. The van der Waals surface area contributed by atoms with Gasteiger partial charge in [0.2, 0.25) is 5.91 Å². The molecule has 1 aromatic carbocycles. The Kier molecular flexibility index (Phi) is 6.46. The fraction of sp³-hybridized carbons (Fsp3) is 0.632. The molecule has 1 aliphatic rings. The van der Waals surface area contributed by atoms with Crippen LogP contribution < -0.4 is 10.1 Å². The molecule has 1 fully saturated rings. The van der Waals surface area contributed by atoms with Crippen molar-refractivity contribution in [2.45, 2.75) is 46.5 Å². The fourth-order valence-electron chi connectivity index (χ4n) is 2.61. The van der Waals surface area contributed by atoms with E-state index < -0.39 is 0 Å². The molecule has 1 saturated heterocycles. The molecule has 4 nitrogen and oxygen atoms in total. The minimum Gasteiger partial charge on any atom is -0.494 e. The average molecular weight is 318 g/mol. The van der Waals surface area contributed by atoms with Crippen LogP contribution in [0, 0.1) is 5.41 Å². The number of carbonyl (C=O) groups excluding carboxylic acids is 1. The van der Waals surface area contributed by atoms with E-state index in [-0.39, 0.29) is 11.3 Å². The van der Waals surface area contributed by atoms with Gasteiger partial charge in [-0.05, 0) is 56.6 Å². The van der Waals surface area contributed by atoms with Gasteiger partial charge in [0.15, 0.2) is 0 Å². The highest BCUT2D eigenvalue weighted by molar-refractivity contribution is 5.94. The van der Waals surface area contributed by atoms with E-state index in [1.165, 1.54) is 32.4 Å². The molecule has 1 heterocycles. The summed E-state index contributed by atoms with van der Waals surface area (Å²) in [5.41, 5.74) is 0.425. The topological polar surface area (TPSA) is 41.6 Å². The Morgan fingerprint density at radius 1 is 1.13 bits per heavy atom. The number of nitrogens with one attached hydrogen (secondary N) is 1. The molecule has 1 aliphatic heterocycles. The summed E-state index contributed by atoms with van der Waals surface area (Å²) in [6.07, 6.45) is 5.11. The van der Waals surface area contributed by atoms with Crippen LogP contribution in [0.3, 0.4) is 0 Å². The predicted molar refractivity (Wildman–Crippen MR) is 94.9 cm³/mol. The number of hydrogen-bond donors (Lipinski definition) is 1. The van der Waals surface area contributed by atoms with E-state index in [0.717, 1.165) is 31.0 Å². The molecule has 0 saturated carbocycles. The number of amides is 1. The van der Waals surface area contributed by atoms with Crippen LogP contribution in [0.5, 0.6) is 5.75 Å². The van der Waals surface area contributed by atoms with Crippen molar-refractivity contribution < 1.29 is 9.53 Å². The van der Waals surface area contributed by atoms with E-state index in [1.54, 1.807) is 0 Å². The van der Waals surface area contributed by atoms with Gasteiger partial charge in [0.1, 0.15) is 5.75 Å². The number of likely N-dealkylation sites (tertiary alicyclic amines) is 1. The quantitative estimate of drug-likeness (QED) is 0.808. The lowest BCUT2D eigenvalue weighted by atomic mass is 9.95. The molecule has 23 heavy (non-hydrogen) atoms. The summed E-state index contributed by atoms with van der Waals surface area (Å²) in [7, 11) is 0. The Bertz CT molecular complexity index is 485. The first-order valence-corrected chi connectivity index (χ1v) is 8.72.